The highest BCUT2D eigenvalue weighted by Gasteiger charge is 2.52. The summed E-state index contributed by atoms with van der Waals surface area (Å²) in [4.78, 5) is 45.1. The highest BCUT2D eigenvalue weighted by atomic mass is 16.2. The van der Waals surface area contributed by atoms with E-state index in [-0.39, 0.29) is 30.9 Å². The standard InChI is InChI=1S/C35H38N6O3/c1-2-19-39(35(44)37-21-26-9-4-3-5-10-26)40-24-33(42)41-31(20-25-15-17-29(36)18-16-25)34(43)38(23-32(40)41)22-28-13-8-12-27-11-6-7-14-30(27)28/h3-18,31-32H,2,19-24,36H2,1H3,(H,37,44)/t31-,32+/m0/s1. The molecule has 2 heterocycles. The van der Waals surface area contributed by atoms with Gasteiger partial charge < -0.3 is 20.9 Å². The first kappa shape index (κ1) is 29.2. The number of anilines is 1. The van der Waals surface area contributed by atoms with Gasteiger partial charge in [0.2, 0.25) is 11.8 Å². The van der Waals surface area contributed by atoms with E-state index in [1.54, 1.807) is 9.91 Å². The van der Waals surface area contributed by atoms with Gasteiger partial charge in [0, 0.05) is 31.7 Å². The molecule has 0 aromatic heterocycles. The summed E-state index contributed by atoms with van der Waals surface area (Å²) >= 11 is 0. The molecule has 0 spiro atoms. The van der Waals surface area contributed by atoms with Gasteiger partial charge >= 0.3 is 6.03 Å². The molecule has 44 heavy (non-hydrogen) atoms. The van der Waals surface area contributed by atoms with Gasteiger partial charge in [0.1, 0.15) is 12.2 Å². The molecule has 2 atom stereocenters. The maximum atomic E-state index is 14.2. The van der Waals surface area contributed by atoms with E-state index in [2.05, 4.69) is 29.6 Å². The van der Waals surface area contributed by atoms with Crippen molar-refractivity contribution >= 4 is 34.3 Å². The van der Waals surface area contributed by atoms with E-state index in [0.29, 0.717) is 38.2 Å². The fraction of sp³-hybridized carbons (Fsp3) is 0.286. The average molecular weight is 591 g/mol. The van der Waals surface area contributed by atoms with Crippen LogP contribution >= 0.6 is 0 Å². The van der Waals surface area contributed by atoms with Crippen LogP contribution in [0, 0.1) is 0 Å². The van der Waals surface area contributed by atoms with E-state index in [1.165, 1.54) is 0 Å². The van der Waals surface area contributed by atoms with Crippen LogP contribution < -0.4 is 11.1 Å². The predicted molar refractivity (Wildman–Crippen MR) is 171 cm³/mol. The number of benzene rings is 4. The smallest absolute Gasteiger partial charge is 0.332 e. The third kappa shape index (κ3) is 5.96. The van der Waals surface area contributed by atoms with E-state index in [9.17, 15) is 14.4 Å². The molecule has 0 saturated carbocycles. The number of fused-ring (bicyclic) bond motifs is 2. The number of urea groups is 1. The number of rotatable bonds is 9. The Bertz CT molecular complexity index is 1640. The number of carbonyl (C=O) groups is 3. The Labute approximate surface area is 257 Å². The second-order valence-electron chi connectivity index (χ2n) is 11.5. The predicted octanol–water partition coefficient (Wildman–Crippen LogP) is 4.38. The van der Waals surface area contributed by atoms with E-state index < -0.39 is 12.2 Å². The highest BCUT2D eigenvalue weighted by Crippen LogP contribution is 2.31. The first-order chi connectivity index (χ1) is 21.4. The average Bonchev–Trinajstić information content (AvgIpc) is 3.37. The molecular formula is C35H38N6O3. The summed E-state index contributed by atoms with van der Waals surface area (Å²) in [6, 6.07) is 30.5. The molecule has 4 aromatic carbocycles. The summed E-state index contributed by atoms with van der Waals surface area (Å²) in [5, 5.41) is 8.73. The normalized spacial score (nSPS) is 18.5. The van der Waals surface area contributed by atoms with Crippen molar-refractivity contribution in [2.24, 2.45) is 0 Å². The number of hydrogen-bond acceptors (Lipinski definition) is 5. The Balaban J connectivity index is 1.31. The van der Waals surface area contributed by atoms with Gasteiger partial charge in [-0.25, -0.2) is 4.79 Å². The van der Waals surface area contributed by atoms with Crippen molar-refractivity contribution in [3.05, 3.63) is 114 Å². The summed E-state index contributed by atoms with van der Waals surface area (Å²) in [5.74, 6) is -0.262. The maximum Gasteiger partial charge on any atom is 0.332 e. The van der Waals surface area contributed by atoms with Gasteiger partial charge in [-0.3, -0.25) is 14.6 Å². The fourth-order valence-corrected chi connectivity index (χ4v) is 6.33. The van der Waals surface area contributed by atoms with E-state index in [1.807, 2.05) is 89.6 Å². The molecule has 2 fully saturated rings. The van der Waals surface area contributed by atoms with Gasteiger partial charge in [0.15, 0.2) is 0 Å². The van der Waals surface area contributed by atoms with Crippen LogP contribution in [-0.2, 0) is 29.1 Å². The molecule has 0 radical (unpaired) electrons. The minimum atomic E-state index is -0.708. The van der Waals surface area contributed by atoms with Gasteiger partial charge in [0.05, 0.1) is 13.1 Å². The maximum absolute atomic E-state index is 14.2. The summed E-state index contributed by atoms with van der Waals surface area (Å²) in [6.45, 7) is 3.54. The van der Waals surface area contributed by atoms with Crippen molar-refractivity contribution in [1.82, 2.24) is 25.1 Å². The van der Waals surface area contributed by atoms with Crippen molar-refractivity contribution in [2.45, 2.75) is 45.1 Å². The number of hydrogen-bond donors (Lipinski definition) is 2. The molecular weight excluding hydrogens is 552 g/mol. The number of carbonyl (C=O) groups excluding carboxylic acids is 3. The van der Waals surface area contributed by atoms with Gasteiger partial charge in [-0.2, -0.15) is 5.01 Å². The van der Waals surface area contributed by atoms with Gasteiger partial charge in [-0.1, -0.05) is 91.9 Å². The zero-order chi connectivity index (χ0) is 30.6. The van der Waals surface area contributed by atoms with Crippen LogP contribution in [0.2, 0.25) is 0 Å². The van der Waals surface area contributed by atoms with Crippen molar-refractivity contribution < 1.29 is 14.4 Å². The highest BCUT2D eigenvalue weighted by molar-refractivity contribution is 5.92. The second-order valence-corrected chi connectivity index (χ2v) is 11.5. The molecule has 0 bridgehead atoms. The summed E-state index contributed by atoms with van der Waals surface area (Å²) in [5.41, 5.74) is 9.51. The molecule has 9 heteroatoms. The van der Waals surface area contributed by atoms with Gasteiger partial charge in [-0.05, 0) is 46.0 Å². The number of nitrogens with zero attached hydrogens (tertiary/aromatic N) is 4. The number of nitrogens with two attached hydrogens (primary N) is 1. The molecule has 2 aliphatic rings. The molecule has 4 aromatic rings. The topological polar surface area (TPSA) is 102 Å². The number of amides is 4. The largest absolute Gasteiger partial charge is 0.399 e. The van der Waals surface area contributed by atoms with Gasteiger partial charge in [-0.15, -0.1) is 0 Å². The molecule has 0 unspecified atom stereocenters. The Morgan fingerprint density at radius 3 is 2.41 bits per heavy atom. The van der Waals surface area contributed by atoms with Crippen molar-refractivity contribution in [3.63, 3.8) is 0 Å². The van der Waals surface area contributed by atoms with Crippen molar-refractivity contribution in [3.8, 4) is 0 Å². The quantitative estimate of drug-likeness (QED) is 0.282. The first-order valence-electron chi connectivity index (χ1n) is 15.2. The Kier molecular flexibility index (Phi) is 8.47. The molecule has 0 aliphatic carbocycles. The van der Waals surface area contributed by atoms with Crippen LogP contribution in [0.5, 0.6) is 0 Å². The van der Waals surface area contributed by atoms with Crippen LogP contribution in [0.3, 0.4) is 0 Å². The lowest BCUT2D eigenvalue weighted by atomic mass is 9.99. The van der Waals surface area contributed by atoms with Crippen LogP contribution in [0.15, 0.2) is 97.1 Å². The summed E-state index contributed by atoms with van der Waals surface area (Å²) < 4.78 is 0. The van der Waals surface area contributed by atoms with Crippen LogP contribution in [-0.4, -0.2) is 69.5 Å². The minimum absolute atomic E-state index is 0.0249. The van der Waals surface area contributed by atoms with E-state index in [0.717, 1.165) is 27.5 Å². The van der Waals surface area contributed by atoms with E-state index >= 15 is 0 Å². The Morgan fingerprint density at radius 1 is 0.909 bits per heavy atom. The lowest BCUT2D eigenvalue weighted by Crippen LogP contribution is -2.66. The summed E-state index contributed by atoms with van der Waals surface area (Å²) in [6.07, 6.45) is 0.585. The molecule has 4 amide bonds. The molecule has 2 saturated heterocycles. The van der Waals surface area contributed by atoms with Crippen molar-refractivity contribution in [1.29, 1.82) is 0 Å². The number of nitrogens with one attached hydrogen (secondary N) is 1. The van der Waals surface area contributed by atoms with Crippen molar-refractivity contribution in [2.75, 3.05) is 25.4 Å². The molecule has 2 aliphatic heterocycles. The number of piperazine rings is 1. The lowest BCUT2D eigenvalue weighted by molar-refractivity contribution is -0.157. The SMILES string of the molecule is CCCN(C(=O)NCc1ccccc1)N1CC(=O)N2[C@@H](Cc3ccc(N)cc3)C(=O)N(Cc3cccc4ccccc34)C[C@@H]21. The number of hydrazine groups is 1. The molecule has 226 valence electrons. The zero-order valence-electron chi connectivity index (χ0n) is 24.9. The third-order valence-electron chi connectivity index (χ3n) is 8.48. The zero-order valence-corrected chi connectivity index (χ0v) is 24.9. The molecule has 9 nitrogen and oxygen atoms in total. The van der Waals surface area contributed by atoms with Crippen LogP contribution in [0.4, 0.5) is 10.5 Å². The second kappa shape index (κ2) is 12.8. The minimum Gasteiger partial charge on any atom is -0.399 e. The Hall–Kier alpha value is -4.89. The first-order valence-corrected chi connectivity index (χ1v) is 15.2. The third-order valence-corrected chi connectivity index (χ3v) is 8.48. The van der Waals surface area contributed by atoms with Crippen LogP contribution in [0.25, 0.3) is 10.8 Å². The molecule has 3 N–H and O–H groups in total. The van der Waals surface area contributed by atoms with Gasteiger partial charge in [0.25, 0.3) is 0 Å². The van der Waals surface area contributed by atoms with Crippen LogP contribution in [0.1, 0.15) is 30.0 Å². The number of nitrogen functional groups attached to an aromatic ring is 1. The monoisotopic (exact) mass is 590 g/mol. The fourth-order valence-electron chi connectivity index (χ4n) is 6.33. The van der Waals surface area contributed by atoms with E-state index in [4.69, 9.17) is 5.73 Å². The lowest BCUT2D eigenvalue weighted by Gasteiger charge is -2.46. The molecule has 6 rings (SSSR count). The Morgan fingerprint density at radius 2 is 1.64 bits per heavy atom. The summed E-state index contributed by atoms with van der Waals surface area (Å²) in [7, 11) is 0.